The van der Waals surface area contributed by atoms with Crippen LogP contribution in [0.3, 0.4) is 0 Å². The molecule has 1 fully saturated rings. The molecule has 122 valence electrons. The molecular weight excluding hydrogens is 300 g/mol. The van der Waals surface area contributed by atoms with Gasteiger partial charge in [0.05, 0.1) is 13.2 Å². The Morgan fingerprint density at radius 3 is 3.17 bits per heavy atom. The van der Waals surface area contributed by atoms with E-state index in [9.17, 15) is 4.79 Å². The number of nitrogens with zero attached hydrogens (tertiary/aromatic N) is 4. The second kappa shape index (κ2) is 6.84. The summed E-state index contributed by atoms with van der Waals surface area (Å²) in [6.45, 7) is 3.37. The summed E-state index contributed by atoms with van der Waals surface area (Å²) in [5.74, 6) is 0.706. The van der Waals surface area contributed by atoms with Crippen molar-refractivity contribution in [1.82, 2.24) is 20.0 Å². The van der Waals surface area contributed by atoms with E-state index >= 15 is 0 Å². The van der Waals surface area contributed by atoms with Gasteiger partial charge in [0.15, 0.2) is 5.82 Å². The average Bonchev–Trinajstić information content (AvgIpc) is 3.03. The second-order valence-corrected chi connectivity index (χ2v) is 5.25. The maximum absolute atomic E-state index is 12.8. The summed E-state index contributed by atoms with van der Waals surface area (Å²) < 4.78 is 15.6. The van der Waals surface area contributed by atoms with Crippen molar-refractivity contribution in [3.05, 3.63) is 41.3 Å². The molecule has 1 saturated heterocycles. The molecule has 1 amide bonds. The SMILES string of the molecule is COCc1nc(C2COCCN2C(=O)c2ccnc(C)c2)no1. The largest absolute Gasteiger partial charge is 0.377 e. The number of hydrogen-bond donors (Lipinski definition) is 0. The molecule has 2 aromatic heterocycles. The van der Waals surface area contributed by atoms with E-state index in [2.05, 4.69) is 15.1 Å². The Balaban J connectivity index is 1.84. The number of ether oxygens (including phenoxy) is 2. The minimum Gasteiger partial charge on any atom is -0.377 e. The van der Waals surface area contributed by atoms with Crippen molar-refractivity contribution >= 4 is 5.91 Å². The zero-order valence-electron chi connectivity index (χ0n) is 13.1. The lowest BCUT2D eigenvalue weighted by Gasteiger charge is -2.33. The molecule has 0 aliphatic carbocycles. The quantitative estimate of drug-likeness (QED) is 0.834. The standard InChI is InChI=1S/C15H18N4O4/c1-10-7-11(3-4-16-10)15(20)19-5-6-22-8-12(19)14-17-13(9-21-2)23-18-14/h3-4,7,12H,5-6,8-9H2,1-2H3. The van der Waals surface area contributed by atoms with E-state index in [1.54, 1.807) is 30.3 Å². The highest BCUT2D eigenvalue weighted by Crippen LogP contribution is 2.24. The highest BCUT2D eigenvalue weighted by molar-refractivity contribution is 5.94. The van der Waals surface area contributed by atoms with Crippen molar-refractivity contribution in [2.24, 2.45) is 0 Å². The molecule has 1 atom stereocenters. The van der Waals surface area contributed by atoms with Crippen LogP contribution in [0.15, 0.2) is 22.9 Å². The van der Waals surface area contributed by atoms with Gasteiger partial charge in [-0.3, -0.25) is 9.78 Å². The van der Waals surface area contributed by atoms with Crippen LogP contribution >= 0.6 is 0 Å². The molecule has 0 N–H and O–H groups in total. The summed E-state index contributed by atoms with van der Waals surface area (Å²) in [5, 5.41) is 3.95. The van der Waals surface area contributed by atoms with Crippen LogP contribution in [0.4, 0.5) is 0 Å². The molecule has 3 rings (SSSR count). The Labute approximate surface area is 133 Å². The molecule has 3 heterocycles. The molecule has 2 aromatic rings. The van der Waals surface area contributed by atoms with Gasteiger partial charge in [-0.25, -0.2) is 0 Å². The summed E-state index contributed by atoms with van der Waals surface area (Å²) in [4.78, 5) is 22.9. The van der Waals surface area contributed by atoms with Crippen LogP contribution in [0.25, 0.3) is 0 Å². The van der Waals surface area contributed by atoms with Crippen molar-refractivity contribution in [3.63, 3.8) is 0 Å². The lowest BCUT2D eigenvalue weighted by molar-refractivity contribution is -0.00577. The number of aryl methyl sites for hydroxylation is 1. The van der Waals surface area contributed by atoms with E-state index in [0.29, 0.717) is 37.0 Å². The van der Waals surface area contributed by atoms with Gasteiger partial charge >= 0.3 is 0 Å². The maximum atomic E-state index is 12.8. The van der Waals surface area contributed by atoms with Crippen molar-refractivity contribution in [3.8, 4) is 0 Å². The predicted molar refractivity (Wildman–Crippen MR) is 78.6 cm³/mol. The topological polar surface area (TPSA) is 90.6 Å². The Bertz CT molecular complexity index is 688. The van der Waals surface area contributed by atoms with Crippen molar-refractivity contribution in [2.75, 3.05) is 26.9 Å². The molecule has 0 radical (unpaired) electrons. The first-order valence-corrected chi connectivity index (χ1v) is 7.32. The van der Waals surface area contributed by atoms with E-state index in [1.807, 2.05) is 6.92 Å². The molecule has 23 heavy (non-hydrogen) atoms. The first-order chi connectivity index (χ1) is 11.2. The van der Waals surface area contributed by atoms with Gasteiger partial charge in [0.1, 0.15) is 12.6 Å². The van der Waals surface area contributed by atoms with Gasteiger partial charge in [-0.1, -0.05) is 5.16 Å². The van der Waals surface area contributed by atoms with E-state index < -0.39 is 0 Å². The Hall–Kier alpha value is -2.32. The molecular formula is C15H18N4O4. The highest BCUT2D eigenvalue weighted by atomic mass is 16.5. The molecule has 1 aliphatic heterocycles. The van der Waals surface area contributed by atoms with E-state index in [4.69, 9.17) is 14.0 Å². The Morgan fingerprint density at radius 1 is 1.52 bits per heavy atom. The van der Waals surface area contributed by atoms with Crippen molar-refractivity contribution in [1.29, 1.82) is 0 Å². The molecule has 0 aromatic carbocycles. The Kier molecular flexibility index (Phi) is 4.63. The monoisotopic (exact) mass is 318 g/mol. The number of morpholine rings is 1. The minimum absolute atomic E-state index is 0.0955. The number of carbonyl (C=O) groups is 1. The smallest absolute Gasteiger partial charge is 0.254 e. The minimum atomic E-state index is -0.376. The fourth-order valence-corrected chi connectivity index (χ4v) is 2.49. The number of methoxy groups -OCH3 is 1. The summed E-state index contributed by atoms with van der Waals surface area (Å²) in [6, 6.07) is 3.09. The van der Waals surface area contributed by atoms with Crippen LogP contribution in [0.2, 0.25) is 0 Å². The third kappa shape index (κ3) is 3.38. The van der Waals surface area contributed by atoms with Gasteiger partial charge in [0.25, 0.3) is 11.8 Å². The summed E-state index contributed by atoms with van der Waals surface area (Å²) in [6.07, 6.45) is 1.63. The second-order valence-electron chi connectivity index (χ2n) is 5.25. The van der Waals surface area contributed by atoms with Gasteiger partial charge in [-0.05, 0) is 19.1 Å². The molecule has 1 aliphatic rings. The normalized spacial score (nSPS) is 18.2. The van der Waals surface area contributed by atoms with Gasteiger partial charge in [-0.2, -0.15) is 4.98 Å². The molecule has 1 unspecified atom stereocenters. The van der Waals surface area contributed by atoms with Crippen LogP contribution < -0.4 is 0 Å². The fraction of sp³-hybridized carbons (Fsp3) is 0.467. The lowest BCUT2D eigenvalue weighted by atomic mass is 10.1. The lowest BCUT2D eigenvalue weighted by Crippen LogP contribution is -2.43. The van der Waals surface area contributed by atoms with Crippen LogP contribution in [-0.2, 0) is 16.1 Å². The van der Waals surface area contributed by atoms with E-state index in [-0.39, 0.29) is 18.6 Å². The van der Waals surface area contributed by atoms with E-state index in [0.717, 1.165) is 5.69 Å². The molecule has 0 spiro atoms. The highest BCUT2D eigenvalue weighted by Gasteiger charge is 2.32. The number of amides is 1. The number of rotatable bonds is 4. The number of aromatic nitrogens is 3. The summed E-state index contributed by atoms with van der Waals surface area (Å²) in [5.41, 5.74) is 1.38. The van der Waals surface area contributed by atoms with E-state index in [1.165, 1.54) is 0 Å². The van der Waals surface area contributed by atoms with Crippen LogP contribution in [0, 0.1) is 6.92 Å². The number of hydrogen-bond acceptors (Lipinski definition) is 7. The first kappa shape index (κ1) is 15.6. The van der Waals surface area contributed by atoms with Crippen LogP contribution in [0.1, 0.15) is 33.8 Å². The average molecular weight is 318 g/mol. The third-order valence-electron chi connectivity index (χ3n) is 3.58. The molecule has 0 bridgehead atoms. The number of pyridine rings is 1. The zero-order valence-corrected chi connectivity index (χ0v) is 13.1. The zero-order chi connectivity index (χ0) is 16.2. The van der Waals surface area contributed by atoms with Gasteiger partial charge in [-0.15, -0.1) is 0 Å². The molecule has 0 saturated carbocycles. The third-order valence-corrected chi connectivity index (χ3v) is 3.58. The summed E-state index contributed by atoms with van der Waals surface area (Å²) >= 11 is 0. The Morgan fingerprint density at radius 2 is 2.39 bits per heavy atom. The van der Waals surface area contributed by atoms with Crippen LogP contribution in [0.5, 0.6) is 0 Å². The van der Waals surface area contributed by atoms with Gasteiger partial charge < -0.3 is 18.9 Å². The van der Waals surface area contributed by atoms with Crippen LogP contribution in [-0.4, -0.2) is 52.8 Å². The maximum Gasteiger partial charge on any atom is 0.254 e. The predicted octanol–water partition coefficient (Wildman–Crippen LogP) is 1.13. The first-order valence-electron chi connectivity index (χ1n) is 7.32. The fourth-order valence-electron chi connectivity index (χ4n) is 2.49. The molecule has 8 heteroatoms. The number of carbonyl (C=O) groups excluding carboxylic acids is 1. The van der Waals surface area contributed by atoms with Gasteiger partial charge in [0, 0.05) is 31.1 Å². The van der Waals surface area contributed by atoms with Crippen molar-refractivity contribution < 1.29 is 18.8 Å². The van der Waals surface area contributed by atoms with Crippen molar-refractivity contribution in [2.45, 2.75) is 19.6 Å². The summed E-state index contributed by atoms with van der Waals surface area (Å²) in [7, 11) is 1.55. The van der Waals surface area contributed by atoms with Gasteiger partial charge in [0.2, 0.25) is 0 Å². The molecule has 8 nitrogen and oxygen atoms in total.